The lowest BCUT2D eigenvalue weighted by Crippen LogP contribution is -2.15. The zero-order valence-electron chi connectivity index (χ0n) is 12.2. The molecule has 2 aromatic rings. The maximum absolute atomic E-state index is 5.95. The number of aromatic nitrogens is 1. The molecule has 0 amide bonds. The van der Waals surface area contributed by atoms with E-state index >= 15 is 0 Å². The molecule has 3 nitrogen and oxygen atoms in total. The van der Waals surface area contributed by atoms with E-state index in [1.807, 2.05) is 25.3 Å². The molecule has 0 radical (unpaired) electrons. The summed E-state index contributed by atoms with van der Waals surface area (Å²) in [6, 6.07) is 10.4. The van der Waals surface area contributed by atoms with Crippen LogP contribution in [0.5, 0.6) is 5.75 Å². The minimum atomic E-state index is 0.313. The molecule has 0 bridgehead atoms. The number of nitrogens with zero attached hydrogens (tertiary/aromatic N) is 1. The second-order valence-corrected chi connectivity index (χ2v) is 4.96. The Hall–Kier alpha value is -1.87. The van der Waals surface area contributed by atoms with Gasteiger partial charge in [-0.2, -0.15) is 0 Å². The maximum atomic E-state index is 5.95. The van der Waals surface area contributed by atoms with Crippen molar-refractivity contribution in [3.8, 4) is 5.75 Å². The molecule has 0 aliphatic rings. The van der Waals surface area contributed by atoms with E-state index in [4.69, 9.17) is 10.5 Å². The monoisotopic (exact) mass is 270 g/mol. The molecule has 1 aromatic carbocycles. The fraction of sp³-hybridized carbons (Fsp3) is 0.353. The first-order valence-corrected chi connectivity index (χ1v) is 7.07. The third kappa shape index (κ3) is 3.58. The zero-order valence-corrected chi connectivity index (χ0v) is 12.2. The Labute approximate surface area is 120 Å². The average molecular weight is 270 g/mol. The molecule has 1 atom stereocenters. The number of ether oxygens (including phenoxy) is 1. The minimum Gasteiger partial charge on any atom is -0.494 e. The van der Waals surface area contributed by atoms with Gasteiger partial charge in [0.15, 0.2) is 0 Å². The number of rotatable bonds is 6. The first-order valence-electron chi connectivity index (χ1n) is 7.07. The standard InChI is InChI=1S/C17H22N2O/c1-3-20-17-7-6-15(9-13(17)2)16(11-18)10-14-5-4-8-19-12-14/h4-9,12,16H,3,10-11,18H2,1-2H3. The summed E-state index contributed by atoms with van der Waals surface area (Å²) in [6.07, 6.45) is 4.61. The Morgan fingerprint density at radius 3 is 2.75 bits per heavy atom. The third-order valence-electron chi connectivity index (χ3n) is 3.46. The van der Waals surface area contributed by atoms with Gasteiger partial charge in [-0.05, 0) is 55.6 Å². The lowest BCUT2D eigenvalue weighted by atomic mass is 9.91. The van der Waals surface area contributed by atoms with E-state index in [9.17, 15) is 0 Å². The van der Waals surface area contributed by atoms with Crippen molar-refractivity contribution in [1.82, 2.24) is 4.98 Å². The third-order valence-corrected chi connectivity index (χ3v) is 3.46. The predicted octanol–water partition coefficient (Wildman–Crippen LogP) is 3.07. The van der Waals surface area contributed by atoms with Gasteiger partial charge in [0, 0.05) is 18.3 Å². The molecule has 0 spiro atoms. The fourth-order valence-electron chi connectivity index (χ4n) is 2.38. The van der Waals surface area contributed by atoms with Crippen LogP contribution in [-0.4, -0.2) is 18.1 Å². The van der Waals surface area contributed by atoms with Crippen LogP contribution in [0.15, 0.2) is 42.7 Å². The summed E-state index contributed by atoms with van der Waals surface area (Å²) in [6.45, 7) is 5.39. The SMILES string of the molecule is CCOc1ccc(C(CN)Cc2cccnc2)cc1C. The van der Waals surface area contributed by atoms with Crippen LogP contribution in [0.2, 0.25) is 0 Å². The molecular weight excluding hydrogens is 248 g/mol. The van der Waals surface area contributed by atoms with Crippen molar-refractivity contribution >= 4 is 0 Å². The average Bonchev–Trinajstić information content (AvgIpc) is 2.48. The Balaban J connectivity index is 2.17. The van der Waals surface area contributed by atoms with Crippen molar-refractivity contribution in [3.63, 3.8) is 0 Å². The van der Waals surface area contributed by atoms with Crippen LogP contribution in [0.1, 0.15) is 29.5 Å². The van der Waals surface area contributed by atoms with E-state index < -0.39 is 0 Å². The molecule has 1 heterocycles. The highest BCUT2D eigenvalue weighted by Gasteiger charge is 2.12. The molecule has 0 saturated carbocycles. The van der Waals surface area contributed by atoms with Gasteiger partial charge in [-0.3, -0.25) is 4.98 Å². The largest absolute Gasteiger partial charge is 0.494 e. The molecule has 0 fully saturated rings. The van der Waals surface area contributed by atoms with Crippen LogP contribution in [0.3, 0.4) is 0 Å². The second-order valence-electron chi connectivity index (χ2n) is 4.96. The first-order chi connectivity index (χ1) is 9.74. The first kappa shape index (κ1) is 14.5. The number of aryl methyl sites for hydroxylation is 1. The predicted molar refractivity (Wildman–Crippen MR) is 82.1 cm³/mol. The van der Waals surface area contributed by atoms with Crippen molar-refractivity contribution in [1.29, 1.82) is 0 Å². The molecule has 1 unspecified atom stereocenters. The van der Waals surface area contributed by atoms with Crippen LogP contribution >= 0.6 is 0 Å². The van der Waals surface area contributed by atoms with E-state index in [1.165, 1.54) is 11.1 Å². The number of hydrogen-bond donors (Lipinski definition) is 1. The lowest BCUT2D eigenvalue weighted by molar-refractivity contribution is 0.337. The van der Waals surface area contributed by atoms with Gasteiger partial charge in [-0.25, -0.2) is 0 Å². The van der Waals surface area contributed by atoms with Crippen LogP contribution in [0.4, 0.5) is 0 Å². The zero-order chi connectivity index (χ0) is 14.4. The molecule has 2 rings (SSSR count). The molecule has 0 saturated heterocycles. The summed E-state index contributed by atoms with van der Waals surface area (Å²) in [4.78, 5) is 4.16. The van der Waals surface area contributed by atoms with E-state index in [-0.39, 0.29) is 0 Å². The van der Waals surface area contributed by atoms with Crippen LogP contribution in [0, 0.1) is 6.92 Å². The van der Waals surface area contributed by atoms with Crippen molar-refractivity contribution in [3.05, 3.63) is 59.4 Å². The summed E-state index contributed by atoms with van der Waals surface area (Å²) in [5, 5.41) is 0. The molecule has 2 N–H and O–H groups in total. The molecule has 0 aliphatic carbocycles. The molecular formula is C17H22N2O. The minimum absolute atomic E-state index is 0.313. The highest BCUT2D eigenvalue weighted by atomic mass is 16.5. The highest BCUT2D eigenvalue weighted by molar-refractivity contribution is 5.38. The molecule has 0 aliphatic heterocycles. The normalized spacial score (nSPS) is 12.2. The summed E-state index contributed by atoms with van der Waals surface area (Å²) < 4.78 is 5.58. The van der Waals surface area contributed by atoms with E-state index in [0.717, 1.165) is 17.7 Å². The maximum Gasteiger partial charge on any atom is 0.122 e. The van der Waals surface area contributed by atoms with Crippen LogP contribution in [-0.2, 0) is 6.42 Å². The van der Waals surface area contributed by atoms with Gasteiger partial charge in [-0.15, -0.1) is 0 Å². The van der Waals surface area contributed by atoms with Gasteiger partial charge in [0.1, 0.15) is 5.75 Å². The van der Waals surface area contributed by atoms with Crippen LogP contribution < -0.4 is 10.5 Å². The van der Waals surface area contributed by atoms with E-state index in [0.29, 0.717) is 19.1 Å². The van der Waals surface area contributed by atoms with Gasteiger partial charge >= 0.3 is 0 Å². The van der Waals surface area contributed by atoms with Crippen LogP contribution in [0.25, 0.3) is 0 Å². The molecule has 3 heteroatoms. The number of hydrogen-bond acceptors (Lipinski definition) is 3. The number of nitrogens with two attached hydrogens (primary N) is 1. The van der Waals surface area contributed by atoms with Gasteiger partial charge in [0.25, 0.3) is 0 Å². The number of pyridine rings is 1. The summed E-state index contributed by atoms with van der Waals surface area (Å²) in [5.74, 6) is 1.27. The van der Waals surface area contributed by atoms with Gasteiger partial charge in [0.05, 0.1) is 6.61 Å². The Morgan fingerprint density at radius 1 is 1.30 bits per heavy atom. The Bertz CT molecular complexity index is 540. The Morgan fingerprint density at radius 2 is 2.15 bits per heavy atom. The summed E-state index contributed by atoms with van der Waals surface area (Å²) in [5.41, 5.74) is 9.59. The van der Waals surface area contributed by atoms with E-state index in [2.05, 4.69) is 30.1 Å². The van der Waals surface area contributed by atoms with E-state index in [1.54, 1.807) is 6.20 Å². The number of benzene rings is 1. The van der Waals surface area contributed by atoms with Crippen molar-refractivity contribution in [2.24, 2.45) is 5.73 Å². The molecule has 20 heavy (non-hydrogen) atoms. The van der Waals surface area contributed by atoms with Gasteiger partial charge in [-0.1, -0.05) is 18.2 Å². The quantitative estimate of drug-likeness (QED) is 0.877. The molecule has 1 aromatic heterocycles. The highest BCUT2D eigenvalue weighted by Crippen LogP contribution is 2.25. The van der Waals surface area contributed by atoms with Gasteiger partial charge in [0.2, 0.25) is 0 Å². The summed E-state index contributed by atoms with van der Waals surface area (Å²) in [7, 11) is 0. The topological polar surface area (TPSA) is 48.1 Å². The van der Waals surface area contributed by atoms with Crippen molar-refractivity contribution in [2.45, 2.75) is 26.2 Å². The van der Waals surface area contributed by atoms with Crippen molar-refractivity contribution < 1.29 is 4.74 Å². The fourth-order valence-corrected chi connectivity index (χ4v) is 2.38. The van der Waals surface area contributed by atoms with Gasteiger partial charge < -0.3 is 10.5 Å². The molecule has 106 valence electrons. The summed E-state index contributed by atoms with van der Waals surface area (Å²) >= 11 is 0. The second kappa shape index (κ2) is 7.06. The smallest absolute Gasteiger partial charge is 0.122 e. The lowest BCUT2D eigenvalue weighted by Gasteiger charge is -2.17. The van der Waals surface area contributed by atoms with Crippen molar-refractivity contribution in [2.75, 3.05) is 13.2 Å². The Kier molecular flexibility index (Phi) is 5.13.